The zero-order valence-corrected chi connectivity index (χ0v) is 10.5. The molecule has 100 valence electrons. The first kappa shape index (κ1) is 12.0. The van der Waals surface area contributed by atoms with Gasteiger partial charge >= 0.3 is 5.69 Å². The predicted octanol–water partition coefficient (Wildman–Crippen LogP) is 0.937. The van der Waals surface area contributed by atoms with Gasteiger partial charge in [-0.3, -0.25) is 4.79 Å². The van der Waals surface area contributed by atoms with Gasteiger partial charge in [-0.2, -0.15) is 0 Å². The number of carbonyl (C=O) groups excluding carboxylic acids is 1. The number of anilines is 1. The molecule has 1 aromatic heterocycles. The Balaban J connectivity index is 1.69. The normalized spacial score (nSPS) is 18.8. The third-order valence-corrected chi connectivity index (χ3v) is 3.39. The van der Waals surface area contributed by atoms with Crippen LogP contribution < -0.4 is 16.3 Å². The Hall–Kier alpha value is -2.08. The number of aromatic nitrogens is 2. The second kappa shape index (κ2) is 4.89. The number of aromatic amines is 2. The molecule has 1 fully saturated rings. The van der Waals surface area contributed by atoms with Gasteiger partial charge in [-0.15, -0.1) is 0 Å². The number of H-pyrrole nitrogens is 2. The highest BCUT2D eigenvalue weighted by Gasteiger charge is 2.17. The van der Waals surface area contributed by atoms with Gasteiger partial charge in [0.1, 0.15) is 0 Å². The molecule has 0 aliphatic carbocycles. The van der Waals surface area contributed by atoms with Crippen LogP contribution in [0.15, 0.2) is 23.0 Å². The summed E-state index contributed by atoms with van der Waals surface area (Å²) in [6.07, 6.45) is 2.67. The number of nitrogens with one attached hydrogen (secondary N) is 4. The van der Waals surface area contributed by atoms with Crippen LogP contribution in [0.4, 0.5) is 5.69 Å². The summed E-state index contributed by atoms with van der Waals surface area (Å²) >= 11 is 0. The maximum absolute atomic E-state index is 11.9. The fourth-order valence-corrected chi connectivity index (χ4v) is 2.48. The number of hydrogen-bond acceptors (Lipinski definition) is 3. The van der Waals surface area contributed by atoms with Gasteiger partial charge in [-0.25, -0.2) is 4.79 Å². The second-order valence-corrected chi connectivity index (χ2v) is 4.89. The summed E-state index contributed by atoms with van der Waals surface area (Å²) in [7, 11) is 0. The molecule has 0 saturated carbocycles. The van der Waals surface area contributed by atoms with Crippen LogP contribution in [-0.2, 0) is 4.79 Å². The van der Waals surface area contributed by atoms with Crippen molar-refractivity contribution in [2.45, 2.75) is 25.3 Å². The average Bonchev–Trinajstić information content (AvgIpc) is 2.96. The second-order valence-electron chi connectivity index (χ2n) is 4.89. The van der Waals surface area contributed by atoms with Crippen LogP contribution in [0.5, 0.6) is 0 Å². The van der Waals surface area contributed by atoms with E-state index in [0.717, 1.165) is 24.9 Å². The molecule has 19 heavy (non-hydrogen) atoms. The minimum Gasteiger partial charge on any atom is -0.326 e. The van der Waals surface area contributed by atoms with Crippen molar-refractivity contribution in [1.82, 2.24) is 15.3 Å². The van der Waals surface area contributed by atoms with Crippen molar-refractivity contribution in [3.8, 4) is 0 Å². The zero-order valence-electron chi connectivity index (χ0n) is 10.5. The minimum atomic E-state index is -0.242. The molecule has 1 unspecified atom stereocenters. The van der Waals surface area contributed by atoms with Crippen molar-refractivity contribution < 1.29 is 4.79 Å². The molecule has 1 atom stereocenters. The molecule has 1 aromatic carbocycles. The van der Waals surface area contributed by atoms with Crippen LogP contribution >= 0.6 is 0 Å². The van der Waals surface area contributed by atoms with E-state index in [0.29, 0.717) is 17.6 Å². The summed E-state index contributed by atoms with van der Waals surface area (Å²) in [5.74, 6) is -0.00312. The number of rotatable bonds is 3. The number of imidazole rings is 1. The molecule has 0 spiro atoms. The third kappa shape index (κ3) is 2.68. The van der Waals surface area contributed by atoms with E-state index in [4.69, 9.17) is 0 Å². The van der Waals surface area contributed by atoms with Crippen molar-refractivity contribution in [2.24, 2.45) is 0 Å². The van der Waals surface area contributed by atoms with Gasteiger partial charge in [-0.1, -0.05) is 0 Å². The summed E-state index contributed by atoms with van der Waals surface area (Å²) in [4.78, 5) is 28.4. The highest BCUT2D eigenvalue weighted by Crippen LogP contribution is 2.16. The van der Waals surface area contributed by atoms with Gasteiger partial charge in [0.25, 0.3) is 0 Å². The molecule has 1 amide bonds. The molecule has 0 bridgehead atoms. The van der Waals surface area contributed by atoms with E-state index in [-0.39, 0.29) is 17.6 Å². The molecule has 6 nitrogen and oxygen atoms in total. The monoisotopic (exact) mass is 260 g/mol. The lowest BCUT2D eigenvalue weighted by Gasteiger charge is -2.10. The first-order chi connectivity index (χ1) is 9.20. The molecular formula is C13H16N4O2. The minimum absolute atomic E-state index is 0.00312. The van der Waals surface area contributed by atoms with Crippen molar-refractivity contribution in [2.75, 3.05) is 11.9 Å². The van der Waals surface area contributed by atoms with Crippen molar-refractivity contribution in [3.63, 3.8) is 0 Å². The van der Waals surface area contributed by atoms with Crippen molar-refractivity contribution in [1.29, 1.82) is 0 Å². The average molecular weight is 260 g/mol. The van der Waals surface area contributed by atoms with Gasteiger partial charge < -0.3 is 20.6 Å². The molecule has 3 rings (SSSR count). The number of amides is 1. The van der Waals surface area contributed by atoms with Crippen molar-refractivity contribution >= 4 is 22.6 Å². The summed E-state index contributed by atoms with van der Waals surface area (Å²) in [6, 6.07) is 5.60. The quantitative estimate of drug-likeness (QED) is 0.662. The van der Waals surface area contributed by atoms with Gasteiger partial charge in [0.15, 0.2) is 0 Å². The van der Waals surface area contributed by atoms with Crippen LogP contribution in [0.2, 0.25) is 0 Å². The summed E-state index contributed by atoms with van der Waals surface area (Å²) in [5.41, 5.74) is 1.89. The van der Waals surface area contributed by atoms with Crippen LogP contribution in [0.1, 0.15) is 19.3 Å². The van der Waals surface area contributed by atoms with E-state index < -0.39 is 0 Å². The van der Waals surface area contributed by atoms with E-state index in [1.54, 1.807) is 18.2 Å². The Kier molecular flexibility index (Phi) is 3.08. The lowest BCUT2D eigenvalue weighted by Crippen LogP contribution is -2.27. The van der Waals surface area contributed by atoms with E-state index in [1.807, 2.05) is 0 Å². The molecule has 2 aromatic rings. The summed E-state index contributed by atoms with van der Waals surface area (Å²) in [5, 5.41) is 6.15. The fraction of sp³-hybridized carbons (Fsp3) is 0.385. The number of benzene rings is 1. The van der Waals surface area contributed by atoms with Gasteiger partial charge in [0.2, 0.25) is 5.91 Å². The van der Waals surface area contributed by atoms with Gasteiger partial charge in [-0.05, 0) is 37.6 Å². The smallest absolute Gasteiger partial charge is 0.323 e. The predicted molar refractivity (Wildman–Crippen MR) is 73.2 cm³/mol. The molecule has 2 heterocycles. The lowest BCUT2D eigenvalue weighted by molar-refractivity contribution is -0.116. The molecule has 6 heteroatoms. The molecule has 1 aliphatic rings. The zero-order chi connectivity index (χ0) is 13.2. The van der Waals surface area contributed by atoms with Crippen LogP contribution in [-0.4, -0.2) is 28.5 Å². The van der Waals surface area contributed by atoms with E-state index in [1.165, 1.54) is 0 Å². The van der Waals surface area contributed by atoms with Gasteiger partial charge in [0.05, 0.1) is 11.0 Å². The first-order valence-electron chi connectivity index (χ1n) is 6.46. The van der Waals surface area contributed by atoms with Crippen LogP contribution in [0, 0.1) is 0 Å². The highest BCUT2D eigenvalue weighted by molar-refractivity contribution is 5.93. The lowest BCUT2D eigenvalue weighted by atomic mass is 10.1. The highest BCUT2D eigenvalue weighted by atomic mass is 16.1. The van der Waals surface area contributed by atoms with Crippen molar-refractivity contribution in [3.05, 3.63) is 28.7 Å². The Labute approximate surface area is 109 Å². The standard InChI is InChI=1S/C13H16N4O2/c18-12(7-8-2-1-5-14-8)15-9-3-4-10-11(6-9)17-13(19)16-10/h3-4,6,8,14H,1-2,5,7H2,(H,15,18)(H2,16,17,19). The Morgan fingerprint density at radius 1 is 1.32 bits per heavy atom. The molecule has 4 N–H and O–H groups in total. The maximum Gasteiger partial charge on any atom is 0.323 e. The molecular weight excluding hydrogens is 244 g/mol. The largest absolute Gasteiger partial charge is 0.326 e. The summed E-state index contributed by atoms with van der Waals surface area (Å²) in [6.45, 7) is 0.995. The Morgan fingerprint density at radius 2 is 2.16 bits per heavy atom. The third-order valence-electron chi connectivity index (χ3n) is 3.39. The fourth-order valence-electron chi connectivity index (χ4n) is 2.48. The number of carbonyl (C=O) groups is 1. The number of fused-ring (bicyclic) bond motifs is 1. The topological polar surface area (TPSA) is 89.8 Å². The van der Waals surface area contributed by atoms with E-state index in [9.17, 15) is 9.59 Å². The van der Waals surface area contributed by atoms with E-state index >= 15 is 0 Å². The molecule has 1 saturated heterocycles. The SMILES string of the molecule is O=C(CC1CCCN1)Nc1ccc2[nH]c(=O)[nH]c2c1. The maximum atomic E-state index is 11.9. The summed E-state index contributed by atoms with van der Waals surface area (Å²) < 4.78 is 0. The Morgan fingerprint density at radius 3 is 2.95 bits per heavy atom. The van der Waals surface area contributed by atoms with Crippen LogP contribution in [0.25, 0.3) is 11.0 Å². The van der Waals surface area contributed by atoms with Crippen LogP contribution in [0.3, 0.4) is 0 Å². The Bertz CT molecular complexity index is 652. The number of hydrogen-bond donors (Lipinski definition) is 4. The van der Waals surface area contributed by atoms with Gasteiger partial charge in [0, 0.05) is 18.2 Å². The first-order valence-corrected chi connectivity index (χ1v) is 6.46. The van der Waals surface area contributed by atoms with E-state index in [2.05, 4.69) is 20.6 Å². The molecule has 0 radical (unpaired) electrons. The molecule has 1 aliphatic heterocycles.